The Bertz CT molecular complexity index is 1350. The van der Waals surface area contributed by atoms with E-state index >= 15 is 0 Å². The lowest BCUT2D eigenvalue weighted by atomic mass is 10.1. The number of rotatable bonds is 42. The van der Waals surface area contributed by atoms with Gasteiger partial charge in [0.2, 0.25) is 0 Å². The molecule has 62 heavy (non-hydrogen) atoms. The van der Waals surface area contributed by atoms with Crippen molar-refractivity contribution in [2.24, 2.45) is 0 Å². The second-order valence-electron chi connectivity index (χ2n) is 15.6. The quantitative estimate of drug-likeness (QED) is 0.0263. The summed E-state index contributed by atoms with van der Waals surface area (Å²) >= 11 is 0. The van der Waals surface area contributed by atoms with Gasteiger partial charge in [0.05, 0.1) is 0 Å². The van der Waals surface area contributed by atoms with Gasteiger partial charge >= 0.3 is 17.9 Å². The summed E-state index contributed by atoms with van der Waals surface area (Å²) in [5, 5.41) is 0. The lowest BCUT2D eigenvalue weighted by Crippen LogP contribution is -2.30. The summed E-state index contributed by atoms with van der Waals surface area (Å²) in [5.41, 5.74) is 0. The molecule has 0 radical (unpaired) electrons. The molecule has 0 aliphatic carbocycles. The average molecular weight is 857 g/mol. The second kappa shape index (κ2) is 49.5. The molecule has 0 saturated carbocycles. The van der Waals surface area contributed by atoms with Crippen LogP contribution in [0.1, 0.15) is 194 Å². The van der Waals surface area contributed by atoms with E-state index in [4.69, 9.17) is 14.2 Å². The van der Waals surface area contributed by atoms with Gasteiger partial charge < -0.3 is 14.2 Å². The second-order valence-corrected chi connectivity index (χ2v) is 15.6. The minimum absolute atomic E-state index is 0.119. The van der Waals surface area contributed by atoms with Crippen LogP contribution in [0.15, 0.2) is 122 Å². The monoisotopic (exact) mass is 857 g/mol. The highest BCUT2D eigenvalue weighted by atomic mass is 16.6. The van der Waals surface area contributed by atoms with E-state index in [2.05, 4.69) is 142 Å². The molecule has 0 aromatic carbocycles. The summed E-state index contributed by atoms with van der Waals surface area (Å²) in [7, 11) is 0. The third-order valence-electron chi connectivity index (χ3n) is 9.68. The zero-order valence-electron chi connectivity index (χ0n) is 39.6. The van der Waals surface area contributed by atoms with E-state index in [9.17, 15) is 14.4 Å². The number of ether oxygens (including phenoxy) is 3. The fourth-order valence-corrected chi connectivity index (χ4v) is 6.03. The smallest absolute Gasteiger partial charge is 0.306 e. The predicted molar refractivity (Wildman–Crippen MR) is 265 cm³/mol. The zero-order chi connectivity index (χ0) is 45.1. The summed E-state index contributed by atoms with van der Waals surface area (Å²) in [6, 6.07) is 0. The van der Waals surface area contributed by atoms with Crippen molar-refractivity contribution in [3.63, 3.8) is 0 Å². The standard InChI is InChI=1S/C56H88O6/c1-4-7-10-13-16-19-22-25-28-31-34-37-40-43-46-49-55(58)61-52-53(51-60-54(57)48-45-42-39-36-33-30-27-24-21-18-15-12-9-6-3)62-56(59)50-47-44-41-38-35-32-29-26-23-20-17-14-11-8-5-2/h7-8,10-11,15-20,24-29,34-35,37-38,53H,4-6,9,12-14,21-23,30-33,36,39-52H2,1-3H3/b10-7-,11-8-,18-15-,19-16-,20-17-,27-24-,28-25-,29-26-,37-34-,38-35-/t53-/m1/s1. The van der Waals surface area contributed by atoms with Gasteiger partial charge in [0.1, 0.15) is 13.2 Å². The molecular formula is C56H88O6. The highest BCUT2D eigenvalue weighted by Gasteiger charge is 2.19. The Kier molecular flexibility index (Phi) is 46.1. The maximum absolute atomic E-state index is 12.8. The number of carbonyl (C=O) groups excluding carboxylic acids is 3. The molecule has 6 nitrogen and oxygen atoms in total. The molecule has 0 rings (SSSR count). The predicted octanol–water partition coefficient (Wildman–Crippen LogP) is 16.1. The van der Waals surface area contributed by atoms with Crippen molar-refractivity contribution in [2.75, 3.05) is 13.2 Å². The van der Waals surface area contributed by atoms with E-state index in [1.165, 1.54) is 19.3 Å². The fourth-order valence-electron chi connectivity index (χ4n) is 6.03. The molecular weight excluding hydrogens is 769 g/mol. The number of hydrogen-bond donors (Lipinski definition) is 0. The number of allylic oxidation sites excluding steroid dienone is 20. The van der Waals surface area contributed by atoms with Crippen LogP contribution in [0.2, 0.25) is 0 Å². The van der Waals surface area contributed by atoms with Crippen molar-refractivity contribution in [3.8, 4) is 0 Å². The molecule has 0 unspecified atom stereocenters. The minimum atomic E-state index is -0.825. The van der Waals surface area contributed by atoms with Crippen LogP contribution in [-0.2, 0) is 28.6 Å². The molecule has 0 aromatic rings. The molecule has 348 valence electrons. The lowest BCUT2D eigenvalue weighted by Gasteiger charge is -2.18. The molecule has 0 amide bonds. The Morgan fingerprint density at radius 2 is 0.629 bits per heavy atom. The Morgan fingerprint density at radius 1 is 0.339 bits per heavy atom. The van der Waals surface area contributed by atoms with Crippen LogP contribution in [0.3, 0.4) is 0 Å². The lowest BCUT2D eigenvalue weighted by molar-refractivity contribution is -0.167. The molecule has 0 N–H and O–H groups in total. The molecule has 0 spiro atoms. The topological polar surface area (TPSA) is 78.9 Å². The molecule has 0 heterocycles. The van der Waals surface area contributed by atoms with Crippen molar-refractivity contribution in [1.29, 1.82) is 0 Å². The van der Waals surface area contributed by atoms with Crippen LogP contribution in [0.4, 0.5) is 0 Å². The fraction of sp³-hybridized carbons (Fsp3) is 0.589. The van der Waals surface area contributed by atoms with Gasteiger partial charge in [-0.3, -0.25) is 14.4 Å². The molecule has 0 saturated heterocycles. The SMILES string of the molecule is CC/C=C\C/C=C\C/C=C\C/C=C\CCCCC(=O)OC[C@@H](COC(=O)CCCCCCC/C=C\C/C=C\CCCC)OC(=O)CCCC/C=C\C/C=C\C/C=C\C/C=C\CC. The Morgan fingerprint density at radius 3 is 1.02 bits per heavy atom. The normalized spacial score (nSPS) is 13.1. The van der Waals surface area contributed by atoms with Crippen molar-refractivity contribution < 1.29 is 28.6 Å². The van der Waals surface area contributed by atoms with E-state index in [1.807, 2.05) is 0 Å². The van der Waals surface area contributed by atoms with E-state index in [1.54, 1.807) is 0 Å². The first-order valence-electron chi connectivity index (χ1n) is 24.5. The van der Waals surface area contributed by atoms with Crippen molar-refractivity contribution in [1.82, 2.24) is 0 Å². The van der Waals surface area contributed by atoms with Gasteiger partial charge in [0.25, 0.3) is 0 Å². The third-order valence-corrected chi connectivity index (χ3v) is 9.68. The van der Waals surface area contributed by atoms with Gasteiger partial charge in [0.15, 0.2) is 6.10 Å². The van der Waals surface area contributed by atoms with Crippen molar-refractivity contribution >= 4 is 17.9 Å². The van der Waals surface area contributed by atoms with Crippen LogP contribution >= 0.6 is 0 Å². The Hall–Kier alpha value is -4.19. The maximum Gasteiger partial charge on any atom is 0.306 e. The summed E-state index contributed by atoms with van der Waals surface area (Å²) in [6.07, 6.45) is 67.5. The highest BCUT2D eigenvalue weighted by Crippen LogP contribution is 2.11. The van der Waals surface area contributed by atoms with Crippen LogP contribution in [0.25, 0.3) is 0 Å². The van der Waals surface area contributed by atoms with Gasteiger partial charge in [-0.25, -0.2) is 0 Å². The van der Waals surface area contributed by atoms with Gasteiger partial charge in [-0.1, -0.05) is 174 Å². The van der Waals surface area contributed by atoms with E-state index in [0.29, 0.717) is 19.3 Å². The Balaban J connectivity index is 4.58. The van der Waals surface area contributed by atoms with E-state index < -0.39 is 6.10 Å². The molecule has 0 bridgehead atoms. The summed E-state index contributed by atoms with van der Waals surface area (Å²) < 4.78 is 16.7. The first-order valence-corrected chi connectivity index (χ1v) is 24.5. The first-order chi connectivity index (χ1) is 30.5. The molecule has 0 aliphatic rings. The van der Waals surface area contributed by atoms with Gasteiger partial charge in [-0.05, 0) is 122 Å². The van der Waals surface area contributed by atoms with Crippen LogP contribution in [-0.4, -0.2) is 37.2 Å². The largest absolute Gasteiger partial charge is 0.462 e. The number of hydrogen-bond acceptors (Lipinski definition) is 6. The van der Waals surface area contributed by atoms with Crippen LogP contribution in [0.5, 0.6) is 0 Å². The van der Waals surface area contributed by atoms with E-state index in [0.717, 1.165) is 122 Å². The number of esters is 3. The number of unbranched alkanes of at least 4 members (excludes halogenated alkanes) is 11. The van der Waals surface area contributed by atoms with Crippen LogP contribution < -0.4 is 0 Å². The third kappa shape index (κ3) is 46.9. The first kappa shape index (κ1) is 57.8. The van der Waals surface area contributed by atoms with Gasteiger partial charge in [-0.2, -0.15) is 0 Å². The Labute approximate surface area is 380 Å². The van der Waals surface area contributed by atoms with Crippen molar-refractivity contribution in [3.05, 3.63) is 122 Å². The number of carbonyl (C=O) groups is 3. The highest BCUT2D eigenvalue weighted by molar-refractivity contribution is 5.71. The van der Waals surface area contributed by atoms with Crippen molar-refractivity contribution in [2.45, 2.75) is 200 Å². The zero-order valence-corrected chi connectivity index (χ0v) is 39.6. The van der Waals surface area contributed by atoms with E-state index in [-0.39, 0.29) is 44.0 Å². The van der Waals surface area contributed by atoms with Gasteiger partial charge in [-0.15, -0.1) is 0 Å². The van der Waals surface area contributed by atoms with Crippen LogP contribution in [0, 0.1) is 0 Å². The molecule has 0 fully saturated rings. The molecule has 0 aromatic heterocycles. The molecule has 6 heteroatoms. The molecule has 1 atom stereocenters. The maximum atomic E-state index is 12.8. The minimum Gasteiger partial charge on any atom is -0.462 e. The summed E-state index contributed by atoms with van der Waals surface area (Å²) in [6.45, 7) is 6.26. The average Bonchev–Trinajstić information content (AvgIpc) is 3.27. The summed E-state index contributed by atoms with van der Waals surface area (Å²) in [5.74, 6) is -1.03. The summed E-state index contributed by atoms with van der Waals surface area (Å²) in [4.78, 5) is 37.9. The molecule has 0 aliphatic heterocycles. The van der Waals surface area contributed by atoms with Gasteiger partial charge in [0, 0.05) is 19.3 Å².